The smallest absolute Gasteiger partial charge is 0.185 e. The molecule has 0 aliphatic heterocycles. The molecule has 0 aliphatic carbocycles. The molecule has 0 saturated carbocycles. The Morgan fingerprint density at radius 2 is 1.36 bits per heavy atom. The molecule has 0 unspecified atom stereocenters. The Balaban J connectivity index is 3.43. The molecular weight excluding hydrogens is 198 g/mol. The van der Waals surface area contributed by atoms with E-state index < -0.39 is 34.5 Å². The van der Waals surface area contributed by atoms with E-state index in [2.05, 4.69) is 0 Å². The average molecular weight is 207 g/mol. The highest BCUT2D eigenvalue weighted by Crippen LogP contribution is 2.26. The van der Waals surface area contributed by atoms with Crippen LogP contribution in [0.4, 0.5) is 23.2 Å². The van der Waals surface area contributed by atoms with Gasteiger partial charge in [-0.05, 0) is 6.42 Å². The van der Waals surface area contributed by atoms with E-state index >= 15 is 0 Å². The third-order valence-corrected chi connectivity index (χ3v) is 1.89. The summed E-state index contributed by atoms with van der Waals surface area (Å²) in [4.78, 5) is 0. The second-order valence-electron chi connectivity index (χ2n) is 2.90. The van der Waals surface area contributed by atoms with Gasteiger partial charge in [0.2, 0.25) is 0 Å². The van der Waals surface area contributed by atoms with Gasteiger partial charge in [-0.25, -0.2) is 17.6 Å². The molecule has 0 aliphatic rings. The summed E-state index contributed by atoms with van der Waals surface area (Å²) in [6, 6.07) is 0. The molecule has 1 aromatic rings. The van der Waals surface area contributed by atoms with Crippen molar-refractivity contribution >= 4 is 5.69 Å². The van der Waals surface area contributed by atoms with E-state index in [9.17, 15) is 17.6 Å². The van der Waals surface area contributed by atoms with Crippen LogP contribution in [-0.4, -0.2) is 0 Å². The minimum Gasteiger partial charge on any atom is -0.394 e. The van der Waals surface area contributed by atoms with E-state index in [1.165, 1.54) is 0 Å². The van der Waals surface area contributed by atoms with Crippen LogP contribution >= 0.6 is 0 Å². The van der Waals surface area contributed by atoms with E-state index in [1.807, 2.05) is 0 Å². The van der Waals surface area contributed by atoms with Crippen LogP contribution in [0.15, 0.2) is 0 Å². The van der Waals surface area contributed by atoms with Crippen molar-refractivity contribution in [3.63, 3.8) is 0 Å². The third kappa shape index (κ3) is 1.54. The maximum Gasteiger partial charge on any atom is 0.185 e. The number of halogens is 4. The number of rotatable bonds is 2. The van der Waals surface area contributed by atoms with Crippen LogP contribution in [-0.2, 0) is 6.42 Å². The molecular formula is C9H9F4N. The van der Waals surface area contributed by atoms with Gasteiger partial charge in [-0.1, -0.05) is 13.3 Å². The van der Waals surface area contributed by atoms with Gasteiger partial charge in [0.05, 0.1) is 0 Å². The Hall–Kier alpha value is -1.26. The van der Waals surface area contributed by atoms with Crippen LogP contribution in [0, 0.1) is 23.3 Å². The molecule has 1 aromatic carbocycles. The number of hydrogen-bond donors (Lipinski definition) is 1. The highest BCUT2D eigenvalue weighted by molar-refractivity contribution is 5.45. The van der Waals surface area contributed by atoms with Crippen LogP contribution in [0.2, 0.25) is 0 Å². The molecule has 0 saturated heterocycles. The Morgan fingerprint density at radius 3 is 1.71 bits per heavy atom. The van der Waals surface area contributed by atoms with Gasteiger partial charge < -0.3 is 5.73 Å². The Bertz CT molecular complexity index is 333. The average Bonchev–Trinajstić information content (AvgIpc) is 2.19. The number of nitrogens with two attached hydrogens (primary N) is 1. The fourth-order valence-electron chi connectivity index (χ4n) is 1.16. The molecule has 1 rings (SSSR count). The van der Waals surface area contributed by atoms with Gasteiger partial charge in [0.15, 0.2) is 23.3 Å². The SMILES string of the molecule is CCCc1c(F)c(F)c(N)c(F)c1F. The molecule has 0 spiro atoms. The Kier molecular flexibility index (Phi) is 2.98. The van der Waals surface area contributed by atoms with Gasteiger partial charge in [-0.3, -0.25) is 0 Å². The maximum atomic E-state index is 13.0. The lowest BCUT2D eigenvalue weighted by Crippen LogP contribution is -2.07. The van der Waals surface area contributed by atoms with E-state index in [0.717, 1.165) is 0 Å². The lowest BCUT2D eigenvalue weighted by molar-refractivity contribution is 0.443. The minimum atomic E-state index is -1.52. The standard InChI is InChI=1S/C9H9F4N/c1-2-3-4-5(10)7(12)9(14)8(13)6(4)11/h2-3,14H2,1H3. The quantitative estimate of drug-likeness (QED) is 0.450. The van der Waals surface area contributed by atoms with E-state index in [0.29, 0.717) is 6.42 Å². The van der Waals surface area contributed by atoms with Gasteiger partial charge in [0.1, 0.15) is 5.69 Å². The van der Waals surface area contributed by atoms with E-state index in [4.69, 9.17) is 5.73 Å². The highest BCUT2D eigenvalue weighted by Gasteiger charge is 2.22. The summed E-state index contributed by atoms with van der Waals surface area (Å²) in [5.74, 6) is -5.84. The third-order valence-electron chi connectivity index (χ3n) is 1.89. The molecule has 0 bridgehead atoms. The molecule has 0 aromatic heterocycles. The second kappa shape index (κ2) is 3.86. The molecule has 14 heavy (non-hydrogen) atoms. The molecule has 78 valence electrons. The van der Waals surface area contributed by atoms with Gasteiger partial charge >= 0.3 is 0 Å². The molecule has 0 atom stereocenters. The largest absolute Gasteiger partial charge is 0.394 e. The van der Waals surface area contributed by atoms with Crippen molar-refractivity contribution in [2.24, 2.45) is 0 Å². The molecule has 0 fully saturated rings. The Morgan fingerprint density at radius 1 is 0.929 bits per heavy atom. The van der Waals surface area contributed by atoms with E-state index in [1.54, 1.807) is 6.92 Å². The number of hydrogen-bond acceptors (Lipinski definition) is 1. The number of benzene rings is 1. The molecule has 2 N–H and O–H groups in total. The van der Waals surface area contributed by atoms with Crippen molar-refractivity contribution < 1.29 is 17.6 Å². The number of anilines is 1. The summed E-state index contributed by atoms with van der Waals surface area (Å²) in [7, 11) is 0. The van der Waals surface area contributed by atoms with Gasteiger partial charge in [-0.15, -0.1) is 0 Å². The van der Waals surface area contributed by atoms with Crippen molar-refractivity contribution in [3.05, 3.63) is 28.8 Å². The minimum absolute atomic E-state index is 0.0637. The van der Waals surface area contributed by atoms with Crippen LogP contribution in [0.3, 0.4) is 0 Å². The lowest BCUT2D eigenvalue weighted by Gasteiger charge is -2.07. The molecule has 0 radical (unpaired) electrons. The summed E-state index contributed by atoms with van der Waals surface area (Å²) < 4.78 is 51.8. The zero-order chi connectivity index (χ0) is 10.9. The van der Waals surface area contributed by atoms with Gasteiger partial charge in [0, 0.05) is 5.56 Å². The summed E-state index contributed by atoms with van der Waals surface area (Å²) in [5.41, 5.74) is 3.12. The van der Waals surface area contributed by atoms with E-state index in [-0.39, 0.29) is 6.42 Å². The first-order chi connectivity index (χ1) is 6.50. The van der Waals surface area contributed by atoms with Crippen LogP contribution in [0.1, 0.15) is 18.9 Å². The maximum absolute atomic E-state index is 13.0. The van der Waals surface area contributed by atoms with Crippen molar-refractivity contribution in [2.75, 3.05) is 5.73 Å². The Labute approximate surface area is 78.5 Å². The topological polar surface area (TPSA) is 26.0 Å². The number of nitrogen functional groups attached to an aromatic ring is 1. The predicted molar refractivity (Wildman–Crippen MR) is 44.7 cm³/mol. The van der Waals surface area contributed by atoms with Crippen molar-refractivity contribution in [1.82, 2.24) is 0 Å². The van der Waals surface area contributed by atoms with Crippen LogP contribution in [0.5, 0.6) is 0 Å². The molecule has 0 amide bonds. The highest BCUT2D eigenvalue weighted by atomic mass is 19.2. The first-order valence-corrected chi connectivity index (χ1v) is 4.11. The molecule has 5 heteroatoms. The summed E-state index contributed by atoms with van der Waals surface area (Å²) in [6.07, 6.45) is 0.322. The van der Waals surface area contributed by atoms with Crippen molar-refractivity contribution in [1.29, 1.82) is 0 Å². The summed E-state index contributed by atoms with van der Waals surface area (Å²) in [6.45, 7) is 1.64. The fraction of sp³-hybridized carbons (Fsp3) is 0.333. The van der Waals surface area contributed by atoms with Gasteiger partial charge in [-0.2, -0.15) is 0 Å². The van der Waals surface area contributed by atoms with Crippen LogP contribution < -0.4 is 5.73 Å². The van der Waals surface area contributed by atoms with Crippen molar-refractivity contribution in [2.45, 2.75) is 19.8 Å². The first-order valence-electron chi connectivity index (χ1n) is 4.11. The van der Waals surface area contributed by atoms with Gasteiger partial charge in [0.25, 0.3) is 0 Å². The van der Waals surface area contributed by atoms with Crippen molar-refractivity contribution in [3.8, 4) is 0 Å². The second-order valence-corrected chi connectivity index (χ2v) is 2.90. The molecule has 1 nitrogen and oxygen atoms in total. The van der Waals surface area contributed by atoms with Crippen LogP contribution in [0.25, 0.3) is 0 Å². The zero-order valence-electron chi connectivity index (χ0n) is 7.50. The monoisotopic (exact) mass is 207 g/mol. The zero-order valence-corrected chi connectivity index (χ0v) is 7.50. The predicted octanol–water partition coefficient (Wildman–Crippen LogP) is 2.78. The summed E-state index contributed by atoms with van der Waals surface area (Å²) in [5, 5.41) is 0. The summed E-state index contributed by atoms with van der Waals surface area (Å²) >= 11 is 0. The lowest BCUT2D eigenvalue weighted by atomic mass is 10.1. The fourth-order valence-corrected chi connectivity index (χ4v) is 1.16. The first kappa shape index (κ1) is 10.8. The normalized spacial score (nSPS) is 10.6. The molecule has 0 heterocycles.